The van der Waals surface area contributed by atoms with Gasteiger partial charge in [0.1, 0.15) is 5.76 Å². The molecule has 1 aromatic heterocycles. The van der Waals surface area contributed by atoms with Crippen LogP contribution >= 0.6 is 0 Å². The first-order valence-electron chi connectivity index (χ1n) is 8.30. The number of rotatable bonds is 4. The minimum absolute atomic E-state index is 0.296. The van der Waals surface area contributed by atoms with Gasteiger partial charge in [-0.1, -0.05) is 34.6 Å². The average molecular weight is 292 g/mol. The Morgan fingerprint density at radius 2 is 2.05 bits per heavy atom. The molecule has 1 aliphatic heterocycles. The van der Waals surface area contributed by atoms with Crippen LogP contribution in [0.2, 0.25) is 0 Å². The molecule has 0 radical (unpaired) electrons. The Morgan fingerprint density at radius 1 is 1.33 bits per heavy atom. The van der Waals surface area contributed by atoms with Crippen molar-refractivity contribution in [1.29, 1.82) is 0 Å². The van der Waals surface area contributed by atoms with E-state index in [1.165, 1.54) is 0 Å². The van der Waals surface area contributed by atoms with Crippen LogP contribution in [-0.4, -0.2) is 36.1 Å². The highest BCUT2D eigenvalue weighted by atomic mass is 16.3. The Hall–Kier alpha value is -0.800. The van der Waals surface area contributed by atoms with Gasteiger partial charge in [-0.2, -0.15) is 0 Å². The Kier molecular flexibility index (Phi) is 5.15. The maximum absolute atomic E-state index is 5.54. The molecule has 0 aliphatic carbocycles. The molecule has 21 heavy (non-hydrogen) atoms. The fraction of sp³-hybridized carbons (Fsp3) is 0.778. The van der Waals surface area contributed by atoms with E-state index in [1.54, 1.807) is 6.26 Å². The smallest absolute Gasteiger partial charge is 0.105 e. The molecule has 2 heterocycles. The standard InChI is InChI=1S/C18H32N2O/c1-13(2)16-11-19-17(18(4,5)6)12-20(16)14(3)10-15-8-7-9-21-15/h7-9,13-14,16-17,19H,10-12H2,1-6H3. The summed E-state index contributed by atoms with van der Waals surface area (Å²) in [6, 6.07) is 5.73. The lowest BCUT2D eigenvalue weighted by Crippen LogP contribution is -2.63. The van der Waals surface area contributed by atoms with E-state index in [9.17, 15) is 0 Å². The normalized spacial score (nSPS) is 26.2. The molecule has 3 atom stereocenters. The van der Waals surface area contributed by atoms with Crippen molar-refractivity contribution in [2.45, 2.75) is 66.1 Å². The Morgan fingerprint density at radius 3 is 2.57 bits per heavy atom. The molecule has 0 aromatic carbocycles. The summed E-state index contributed by atoms with van der Waals surface area (Å²) in [4.78, 5) is 2.69. The molecule has 0 saturated carbocycles. The van der Waals surface area contributed by atoms with E-state index < -0.39 is 0 Å². The number of hydrogen-bond donors (Lipinski definition) is 1. The second-order valence-electron chi connectivity index (χ2n) is 7.97. The largest absolute Gasteiger partial charge is 0.469 e. The van der Waals surface area contributed by atoms with E-state index in [4.69, 9.17) is 4.42 Å². The van der Waals surface area contributed by atoms with E-state index in [2.05, 4.69) is 57.8 Å². The third-order valence-corrected chi connectivity index (χ3v) is 4.85. The third-order valence-electron chi connectivity index (χ3n) is 4.85. The lowest BCUT2D eigenvalue weighted by atomic mass is 9.83. The van der Waals surface area contributed by atoms with Gasteiger partial charge in [0, 0.05) is 37.6 Å². The molecule has 1 N–H and O–H groups in total. The van der Waals surface area contributed by atoms with Gasteiger partial charge in [0.2, 0.25) is 0 Å². The average Bonchev–Trinajstić information content (AvgIpc) is 2.89. The van der Waals surface area contributed by atoms with Gasteiger partial charge in [-0.3, -0.25) is 4.90 Å². The molecule has 0 bridgehead atoms. The second-order valence-corrected chi connectivity index (χ2v) is 7.97. The summed E-state index contributed by atoms with van der Waals surface area (Å²) in [6.07, 6.45) is 2.77. The third kappa shape index (κ3) is 4.10. The van der Waals surface area contributed by atoms with Crippen molar-refractivity contribution in [3.8, 4) is 0 Å². The highest BCUT2D eigenvalue weighted by Crippen LogP contribution is 2.27. The zero-order valence-electron chi connectivity index (χ0n) is 14.5. The zero-order valence-corrected chi connectivity index (χ0v) is 14.5. The van der Waals surface area contributed by atoms with Gasteiger partial charge >= 0.3 is 0 Å². The van der Waals surface area contributed by atoms with Crippen molar-refractivity contribution in [3.63, 3.8) is 0 Å². The molecule has 1 aromatic rings. The molecule has 3 heteroatoms. The number of piperazine rings is 1. The van der Waals surface area contributed by atoms with Crippen molar-refractivity contribution in [1.82, 2.24) is 10.2 Å². The summed E-state index contributed by atoms with van der Waals surface area (Å²) in [7, 11) is 0. The van der Waals surface area contributed by atoms with Gasteiger partial charge in [0.05, 0.1) is 6.26 Å². The van der Waals surface area contributed by atoms with Crippen molar-refractivity contribution in [2.75, 3.05) is 13.1 Å². The lowest BCUT2D eigenvalue weighted by Gasteiger charge is -2.48. The van der Waals surface area contributed by atoms with Gasteiger partial charge in [-0.25, -0.2) is 0 Å². The number of nitrogens with one attached hydrogen (secondary N) is 1. The highest BCUT2D eigenvalue weighted by Gasteiger charge is 2.37. The van der Waals surface area contributed by atoms with Crippen LogP contribution in [0.5, 0.6) is 0 Å². The quantitative estimate of drug-likeness (QED) is 0.920. The van der Waals surface area contributed by atoms with E-state index >= 15 is 0 Å². The monoisotopic (exact) mass is 292 g/mol. The summed E-state index contributed by atoms with van der Waals surface area (Å²) >= 11 is 0. The van der Waals surface area contributed by atoms with E-state index in [1.807, 2.05) is 6.07 Å². The fourth-order valence-electron chi connectivity index (χ4n) is 3.33. The first kappa shape index (κ1) is 16.6. The summed E-state index contributed by atoms with van der Waals surface area (Å²) in [6.45, 7) is 16.2. The molecule has 2 rings (SSSR count). The van der Waals surface area contributed by atoms with Crippen LogP contribution in [0.4, 0.5) is 0 Å². The second kappa shape index (κ2) is 6.53. The van der Waals surface area contributed by atoms with Crippen LogP contribution in [0.3, 0.4) is 0 Å². The first-order valence-corrected chi connectivity index (χ1v) is 8.30. The Bertz CT molecular complexity index is 419. The molecular formula is C18H32N2O. The summed E-state index contributed by atoms with van der Waals surface area (Å²) in [5, 5.41) is 3.77. The van der Waals surface area contributed by atoms with Crippen LogP contribution < -0.4 is 5.32 Å². The van der Waals surface area contributed by atoms with Crippen molar-refractivity contribution in [3.05, 3.63) is 24.2 Å². The minimum Gasteiger partial charge on any atom is -0.469 e. The Labute approximate surface area is 130 Å². The molecule has 1 fully saturated rings. The molecule has 3 nitrogen and oxygen atoms in total. The van der Waals surface area contributed by atoms with Gasteiger partial charge in [0.15, 0.2) is 0 Å². The predicted molar refractivity (Wildman–Crippen MR) is 88.5 cm³/mol. The van der Waals surface area contributed by atoms with Crippen LogP contribution in [0.15, 0.2) is 22.8 Å². The summed E-state index contributed by atoms with van der Waals surface area (Å²) < 4.78 is 5.54. The zero-order chi connectivity index (χ0) is 15.6. The van der Waals surface area contributed by atoms with Crippen LogP contribution in [0.1, 0.15) is 47.3 Å². The maximum atomic E-state index is 5.54. The molecule has 0 spiro atoms. The van der Waals surface area contributed by atoms with E-state index in [0.29, 0.717) is 29.5 Å². The first-order chi connectivity index (χ1) is 9.79. The maximum Gasteiger partial charge on any atom is 0.105 e. The Balaban J connectivity index is 2.09. The van der Waals surface area contributed by atoms with Crippen molar-refractivity contribution < 1.29 is 4.42 Å². The molecular weight excluding hydrogens is 260 g/mol. The number of furan rings is 1. The van der Waals surface area contributed by atoms with E-state index in [-0.39, 0.29) is 0 Å². The minimum atomic E-state index is 0.296. The highest BCUT2D eigenvalue weighted by molar-refractivity contribution is 5.02. The molecule has 120 valence electrons. The van der Waals surface area contributed by atoms with Gasteiger partial charge in [-0.05, 0) is 30.4 Å². The van der Waals surface area contributed by atoms with Gasteiger partial charge in [-0.15, -0.1) is 0 Å². The van der Waals surface area contributed by atoms with Crippen LogP contribution in [0.25, 0.3) is 0 Å². The molecule has 1 saturated heterocycles. The van der Waals surface area contributed by atoms with Crippen LogP contribution in [-0.2, 0) is 6.42 Å². The molecule has 3 unspecified atom stereocenters. The topological polar surface area (TPSA) is 28.4 Å². The lowest BCUT2D eigenvalue weighted by molar-refractivity contribution is 0.0332. The summed E-state index contributed by atoms with van der Waals surface area (Å²) in [5.74, 6) is 1.76. The van der Waals surface area contributed by atoms with Gasteiger partial charge < -0.3 is 9.73 Å². The van der Waals surface area contributed by atoms with Crippen molar-refractivity contribution >= 4 is 0 Å². The predicted octanol–water partition coefficient (Wildman–Crippen LogP) is 3.56. The SMILES string of the molecule is CC(C)C1CNC(C(C)(C)C)CN1C(C)Cc1ccco1. The number of nitrogens with zero attached hydrogens (tertiary/aromatic N) is 1. The van der Waals surface area contributed by atoms with Gasteiger partial charge in [0.25, 0.3) is 0 Å². The molecule has 1 aliphatic rings. The molecule has 0 amide bonds. The summed E-state index contributed by atoms with van der Waals surface area (Å²) in [5.41, 5.74) is 0.296. The fourth-order valence-corrected chi connectivity index (χ4v) is 3.33. The van der Waals surface area contributed by atoms with Crippen LogP contribution in [0, 0.1) is 11.3 Å². The number of hydrogen-bond acceptors (Lipinski definition) is 3. The van der Waals surface area contributed by atoms with Crippen molar-refractivity contribution in [2.24, 2.45) is 11.3 Å². The van der Waals surface area contributed by atoms with E-state index in [0.717, 1.165) is 25.3 Å².